The van der Waals surface area contributed by atoms with Crippen LogP contribution in [-0.2, 0) is 6.54 Å². The Morgan fingerprint density at radius 1 is 1.50 bits per heavy atom. The van der Waals surface area contributed by atoms with Gasteiger partial charge in [-0.3, -0.25) is 0 Å². The van der Waals surface area contributed by atoms with Crippen LogP contribution in [-0.4, -0.2) is 12.3 Å². The number of methoxy groups -OCH3 is 1. The molecule has 0 heterocycles. The molecule has 0 unspecified atom stereocenters. The largest absolute Gasteiger partial charge is 0.492 e. The van der Waals surface area contributed by atoms with E-state index in [2.05, 4.69) is 4.74 Å². The molecule has 2 N–H and O–H groups in total. The van der Waals surface area contributed by atoms with Crippen LogP contribution >= 0.6 is 11.6 Å². The number of ether oxygens (including phenoxy) is 1. The highest BCUT2D eigenvalue weighted by atomic mass is 35.5. The predicted octanol–water partition coefficient (Wildman–Crippen LogP) is 2.11. The lowest BCUT2D eigenvalue weighted by molar-refractivity contribution is 0.159. The van der Waals surface area contributed by atoms with Crippen molar-refractivity contribution in [2.75, 3.05) is 7.11 Å². The van der Waals surface area contributed by atoms with Gasteiger partial charge in [0, 0.05) is 12.1 Å². The Morgan fingerprint density at radius 2 is 2.14 bits per heavy atom. The second kappa shape index (κ2) is 4.54. The number of hydrogen-bond acceptors (Lipinski definition) is 3. The predicted molar refractivity (Wildman–Crippen MR) is 46.5 cm³/mol. The van der Waals surface area contributed by atoms with Crippen LogP contribution in [0.15, 0.2) is 6.07 Å². The summed E-state index contributed by atoms with van der Waals surface area (Å²) in [5.74, 6) is -2.59. The Bertz CT molecular complexity index is 347. The van der Waals surface area contributed by atoms with Crippen molar-refractivity contribution in [2.45, 2.75) is 6.54 Å². The highest BCUT2D eigenvalue weighted by molar-refractivity contribution is 6.32. The molecule has 0 aliphatic carbocycles. The fourth-order valence-electron chi connectivity index (χ4n) is 1.03. The van der Waals surface area contributed by atoms with E-state index in [-0.39, 0.29) is 22.9 Å². The molecular weight excluding hydrogens is 216 g/mol. The van der Waals surface area contributed by atoms with Gasteiger partial charge < -0.3 is 9.94 Å². The third-order valence-corrected chi connectivity index (χ3v) is 1.95. The third-order valence-electron chi connectivity index (χ3n) is 1.67. The molecule has 3 nitrogen and oxygen atoms in total. The first-order valence-electron chi connectivity index (χ1n) is 3.69. The Kier molecular flexibility index (Phi) is 3.62. The van der Waals surface area contributed by atoms with Crippen molar-refractivity contribution in [1.82, 2.24) is 5.48 Å². The average molecular weight is 224 g/mol. The Hall–Kier alpha value is -0.910. The molecule has 1 aromatic carbocycles. The summed E-state index contributed by atoms with van der Waals surface area (Å²) in [6.45, 7) is -0.230. The van der Waals surface area contributed by atoms with Gasteiger partial charge in [-0.15, -0.1) is 0 Å². The smallest absolute Gasteiger partial charge is 0.202 e. The summed E-state index contributed by atoms with van der Waals surface area (Å²) in [5.41, 5.74) is 1.64. The number of nitrogens with one attached hydrogen (secondary N) is 1. The first kappa shape index (κ1) is 11.2. The Morgan fingerprint density at radius 3 is 2.64 bits per heavy atom. The molecule has 0 aromatic heterocycles. The molecule has 0 radical (unpaired) electrons. The van der Waals surface area contributed by atoms with E-state index < -0.39 is 11.6 Å². The maximum atomic E-state index is 13.2. The molecule has 0 saturated carbocycles. The fraction of sp³-hybridized carbons (Fsp3) is 0.250. The van der Waals surface area contributed by atoms with Crippen LogP contribution in [0.4, 0.5) is 8.78 Å². The van der Waals surface area contributed by atoms with Gasteiger partial charge in [-0.2, -0.15) is 4.39 Å². The molecule has 1 aromatic rings. The first-order chi connectivity index (χ1) is 6.61. The number of hydroxylamine groups is 1. The van der Waals surface area contributed by atoms with Crippen molar-refractivity contribution in [3.05, 3.63) is 28.3 Å². The highest BCUT2D eigenvalue weighted by Crippen LogP contribution is 2.31. The molecule has 0 aliphatic heterocycles. The summed E-state index contributed by atoms with van der Waals surface area (Å²) in [5, 5.41) is 8.29. The van der Waals surface area contributed by atoms with Gasteiger partial charge in [0.25, 0.3) is 0 Å². The number of rotatable bonds is 3. The van der Waals surface area contributed by atoms with Gasteiger partial charge in [0.05, 0.1) is 12.1 Å². The normalized spacial score (nSPS) is 10.4. The maximum absolute atomic E-state index is 13.2. The Labute approximate surface area is 84.2 Å². The van der Waals surface area contributed by atoms with Crippen LogP contribution in [0.25, 0.3) is 0 Å². The maximum Gasteiger partial charge on any atom is 0.202 e. The molecule has 6 heteroatoms. The van der Waals surface area contributed by atoms with Crippen LogP contribution in [0.2, 0.25) is 5.02 Å². The molecule has 1 rings (SSSR count). The van der Waals surface area contributed by atoms with Gasteiger partial charge in [0.1, 0.15) is 0 Å². The number of benzene rings is 1. The lowest BCUT2D eigenvalue weighted by Crippen LogP contribution is -2.09. The molecule has 78 valence electrons. The minimum Gasteiger partial charge on any atom is -0.492 e. The molecule has 0 spiro atoms. The van der Waals surface area contributed by atoms with Gasteiger partial charge >= 0.3 is 0 Å². The first-order valence-corrected chi connectivity index (χ1v) is 4.07. The molecule has 0 fully saturated rings. The molecule has 0 saturated heterocycles. The van der Waals surface area contributed by atoms with Crippen LogP contribution < -0.4 is 10.2 Å². The number of hydrogen-bond donors (Lipinski definition) is 2. The molecule has 0 aliphatic rings. The zero-order valence-corrected chi connectivity index (χ0v) is 8.03. The third kappa shape index (κ3) is 1.95. The number of halogens is 3. The zero-order chi connectivity index (χ0) is 10.7. The SMILES string of the molecule is COc1c(Cl)cc(CNO)c(F)c1F. The minimum atomic E-state index is -1.16. The average Bonchev–Trinajstić information content (AvgIpc) is 2.15. The quantitative estimate of drug-likeness (QED) is 0.609. The second-order valence-corrected chi connectivity index (χ2v) is 2.92. The van der Waals surface area contributed by atoms with Crippen molar-refractivity contribution < 1.29 is 18.7 Å². The summed E-state index contributed by atoms with van der Waals surface area (Å²) in [7, 11) is 1.19. The molecule has 0 bridgehead atoms. The van der Waals surface area contributed by atoms with E-state index in [9.17, 15) is 8.78 Å². The standard InChI is InChI=1S/C8H8ClF2NO2/c1-14-8-5(9)2-4(3-12-13)6(10)7(8)11/h2,12-13H,3H2,1H3. The van der Waals surface area contributed by atoms with Crippen molar-refractivity contribution in [3.63, 3.8) is 0 Å². The van der Waals surface area contributed by atoms with Gasteiger partial charge in [-0.05, 0) is 6.07 Å². The van der Waals surface area contributed by atoms with Crippen LogP contribution in [0.1, 0.15) is 5.56 Å². The molecule has 0 amide bonds. The summed E-state index contributed by atoms with van der Waals surface area (Å²) in [4.78, 5) is 0. The van der Waals surface area contributed by atoms with E-state index in [4.69, 9.17) is 16.8 Å². The van der Waals surface area contributed by atoms with Gasteiger partial charge in [-0.1, -0.05) is 11.6 Å². The van der Waals surface area contributed by atoms with Crippen molar-refractivity contribution in [3.8, 4) is 5.75 Å². The van der Waals surface area contributed by atoms with Crippen molar-refractivity contribution >= 4 is 11.6 Å². The van der Waals surface area contributed by atoms with Gasteiger partial charge in [0.15, 0.2) is 11.6 Å². The van der Waals surface area contributed by atoms with Crippen molar-refractivity contribution in [2.24, 2.45) is 0 Å². The molecular formula is C8H8ClF2NO2. The fourth-order valence-corrected chi connectivity index (χ4v) is 1.32. The lowest BCUT2D eigenvalue weighted by Gasteiger charge is -2.08. The topological polar surface area (TPSA) is 41.5 Å². The van der Waals surface area contributed by atoms with Crippen LogP contribution in [0.5, 0.6) is 5.75 Å². The van der Waals surface area contributed by atoms with Gasteiger partial charge in [0.2, 0.25) is 5.82 Å². The minimum absolute atomic E-state index is 0.0448. The van der Waals surface area contributed by atoms with Crippen LogP contribution in [0.3, 0.4) is 0 Å². The summed E-state index contributed by atoms with van der Waals surface area (Å²) in [6.07, 6.45) is 0. The molecule has 0 atom stereocenters. The van der Waals surface area contributed by atoms with E-state index in [0.717, 1.165) is 0 Å². The van der Waals surface area contributed by atoms with E-state index in [0.29, 0.717) is 0 Å². The lowest BCUT2D eigenvalue weighted by atomic mass is 10.2. The zero-order valence-electron chi connectivity index (χ0n) is 7.27. The van der Waals surface area contributed by atoms with E-state index in [1.54, 1.807) is 5.48 Å². The monoisotopic (exact) mass is 223 g/mol. The second-order valence-electron chi connectivity index (χ2n) is 2.51. The highest BCUT2D eigenvalue weighted by Gasteiger charge is 2.17. The van der Waals surface area contributed by atoms with E-state index in [1.165, 1.54) is 13.2 Å². The summed E-state index contributed by atoms with van der Waals surface area (Å²) >= 11 is 5.60. The van der Waals surface area contributed by atoms with Crippen LogP contribution in [0, 0.1) is 11.6 Å². The molecule has 14 heavy (non-hydrogen) atoms. The van der Waals surface area contributed by atoms with E-state index in [1.807, 2.05) is 0 Å². The van der Waals surface area contributed by atoms with E-state index >= 15 is 0 Å². The summed E-state index contributed by atoms with van der Waals surface area (Å²) < 4.78 is 30.9. The Balaban J connectivity index is 3.25. The van der Waals surface area contributed by atoms with Crippen molar-refractivity contribution in [1.29, 1.82) is 0 Å². The summed E-state index contributed by atoms with van der Waals surface area (Å²) in [6, 6.07) is 1.18. The van der Waals surface area contributed by atoms with Gasteiger partial charge in [-0.25, -0.2) is 9.87 Å².